The molecule has 0 spiro atoms. The number of carbonyl (C=O) groups is 2. The van der Waals surface area contributed by atoms with Crippen molar-refractivity contribution in [3.05, 3.63) is 83.9 Å². The summed E-state index contributed by atoms with van der Waals surface area (Å²) in [5.74, 6) is -0.100. The fraction of sp³-hybridized carbons (Fsp3) is 0.207. The van der Waals surface area contributed by atoms with Gasteiger partial charge in [0.15, 0.2) is 0 Å². The lowest BCUT2D eigenvalue weighted by Crippen LogP contribution is -2.29. The number of urea groups is 1. The first-order chi connectivity index (χ1) is 17.4. The van der Waals surface area contributed by atoms with E-state index >= 15 is 0 Å². The monoisotopic (exact) mass is 482 g/mol. The van der Waals surface area contributed by atoms with Gasteiger partial charge in [-0.2, -0.15) is 9.78 Å². The molecule has 184 valence electrons. The minimum absolute atomic E-state index is 0.252. The Hall–Kier alpha value is -4.39. The van der Waals surface area contributed by atoms with Gasteiger partial charge in [-0.25, -0.2) is 4.79 Å². The Bertz CT molecular complexity index is 1370. The molecule has 0 aliphatic carbocycles. The molecule has 0 aliphatic rings. The van der Waals surface area contributed by atoms with Crippen LogP contribution in [0.1, 0.15) is 31.4 Å². The zero-order chi connectivity index (χ0) is 25.7. The number of nitrogens with one attached hydrogen (secondary N) is 2. The number of esters is 1. The number of carbonyl (C=O) groups excluding carboxylic acids is 2. The molecule has 2 N–H and O–H groups in total. The van der Waals surface area contributed by atoms with Crippen molar-refractivity contribution in [3.8, 4) is 34.0 Å². The van der Waals surface area contributed by atoms with Gasteiger partial charge in [-0.05, 0) is 55.7 Å². The Morgan fingerprint density at radius 1 is 0.917 bits per heavy atom. The molecule has 4 aromatic rings. The maximum atomic E-state index is 12.2. The molecule has 0 saturated carbocycles. The van der Waals surface area contributed by atoms with E-state index in [0.717, 1.165) is 34.4 Å². The van der Waals surface area contributed by atoms with Gasteiger partial charge in [-0.15, -0.1) is 0 Å². The van der Waals surface area contributed by atoms with Crippen LogP contribution in [0.15, 0.2) is 72.8 Å². The van der Waals surface area contributed by atoms with Gasteiger partial charge in [0.05, 0.1) is 11.3 Å². The van der Waals surface area contributed by atoms with E-state index in [1.54, 1.807) is 4.68 Å². The van der Waals surface area contributed by atoms with Crippen LogP contribution in [0.4, 0.5) is 10.5 Å². The number of aromatic nitrogens is 2. The van der Waals surface area contributed by atoms with Crippen molar-refractivity contribution in [2.75, 3.05) is 11.9 Å². The SMILES string of the molecule is CCCNC(=O)Nc1ccc(-c2c(-c3ccc(C)cc3)nn(-c3cccc(C)c3)c2OC(C)=O)cc1. The first-order valence-corrected chi connectivity index (χ1v) is 12.0. The number of hydrogen-bond donors (Lipinski definition) is 2. The third-order valence-electron chi connectivity index (χ3n) is 5.62. The third-order valence-corrected chi connectivity index (χ3v) is 5.62. The second-order valence-electron chi connectivity index (χ2n) is 8.70. The van der Waals surface area contributed by atoms with Gasteiger partial charge in [0.25, 0.3) is 0 Å². The number of aryl methyl sites for hydroxylation is 2. The molecular formula is C29H30N4O3. The standard InChI is InChI=1S/C29H30N4O3/c1-5-17-30-29(35)31-24-15-13-22(14-16-24)26-27(23-11-9-19(2)10-12-23)32-33(28(26)36-21(4)34)25-8-6-7-20(3)18-25/h6-16,18H,5,17H2,1-4H3,(H2,30,31,35). The number of ether oxygens (including phenoxy) is 1. The molecule has 7 nitrogen and oxygen atoms in total. The normalized spacial score (nSPS) is 10.7. The van der Waals surface area contributed by atoms with Crippen LogP contribution in [-0.4, -0.2) is 28.3 Å². The quantitative estimate of drug-likeness (QED) is 0.304. The lowest BCUT2D eigenvalue weighted by atomic mass is 10.00. The van der Waals surface area contributed by atoms with Gasteiger partial charge in [-0.3, -0.25) is 4.79 Å². The molecule has 2 amide bonds. The molecule has 1 heterocycles. The van der Waals surface area contributed by atoms with Gasteiger partial charge in [0.1, 0.15) is 5.69 Å². The van der Waals surface area contributed by atoms with E-state index in [1.165, 1.54) is 6.92 Å². The zero-order valence-electron chi connectivity index (χ0n) is 21.0. The topological polar surface area (TPSA) is 85.2 Å². The van der Waals surface area contributed by atoms with E-state index in [9.17, 15) is 9.59 Å². The summed E-state index contributed by atoms with van der Waals surface area (Å²) >= 11 is 0. The Labute approximate surface area is 211 Å². The Morgan fingerprint density at radius 2 is 1.61 bits per heavy atom. The third kappa shape index (κ3) is 5.63. The van der Waals surface area contributed by atoms with E-state index in [4.69, 9.17) is 9.84 Å². The van der Waals surface area contributed by atoms with Crippen molar-refractivity contribution < 1.29 is 14.3 Å². The number of benzene rings is 3. The highest BCUT2D eigenvalue weighted by atomic mass is 16.5. The van der Waals surface area contributed by atoms with Crippen LogP contribution in [0.3, 0.4) is 0 Å². The van der Waals surface area contributed by atoms with Gasteiger partial charge < -0.3 is 15.4 Å². The molecule has 0 saturated heterocycles. The summed E-state index contributed by atoms with van der Waals surface area (Å²) in [5, 5.41) is 10.5. The smallest absolute Gasteiger partial charge is 0.319 e. The molecule has 7 heteroatoms. The van der Waals surface area contributed by atoms with Gasteiger partial charge in [0.2, 0.25) is 5.88 Å². The molecule has 1 aromatic heterocycles. The summed E-state index contributed by atoms with van der Waals surface area (Å²) in [6.07, 6.45) is 0.859. The molecule has 4 rings (SSSR count). The first kappa shape index (κ1) is 24.7. The van der Waals surface area contributed by atoms with Crippen molar-refractivity contribution in [1.82, 2.24) is 15.1 Å². The molecule has 0 bridgehead atoms. The minimum Gasteiger partial charge on any atom is -0.407 e. The van der Waals surface area contributed by atoms with Crippen LogP contribution in [0, 0.1) is 13.8 Å². The second kappa shape index (κ2) is 10.9. The summed E-state index contributed by atoms with van der Waals surface area (Å²) in [7, 11) is 0. The summed E-state index contributed by atoms with van der Waals surface area (Å²) in [6.45, 7) is 8.02. The van der Waals surface area contributed by atoms with Crippen molar-refractivity contribution in [3.63, 3.8) is 0 Å². The summed E-state index contributed by atoms with van der Waals surface area (Å²) in [5.41, 5.74) is 6.73. The van der Waals surface area contributed by atoms with Crippen molar-refractivity contribution >= 4 is 17.7 Å². The fourth-order valence-electron chi connectivity index (χ4n) is 3.88. The zero-order valence-corrected chi connectivity index (χ0v) is 21.0. The minimum atomic E-state index is -0.439. The van der Waals surface area contributed by atoms with Crippen molar-refractivity contribution in [2.45, 2.75) is 34.1 Å². The maximum absolute atomic E-state index is 12.2. The predicted octanol–water partition coefficient (Wildman–Crippen LogP) is 6.28. The van der Waals surface area contributed by atoms with Crippen LogP contribution in [0.5, 0.6) is 5.88 Å². The number of rotatable bonds is 7. The number of nitrogens with zero attached hydrogens (tertiary/aromatic N) is 2. The summed E-state index contributed by atoms with van der Waals surface area (Å²) < 4.78 is 7.44. The molecule has 0 atom stereocenters. The fourth-order valence-corrected chi connectivity index (χ4v) is 3.88. The molecular weight excluding hydrogens is 452 g/mol. The van der Waals surface area contributed by atoms with Crippen LogP contribution in [-0.2, 0) is 4.79 Å². The highest BCUT2D eigenvalue weighted by Crippen LogP contribution is 2.41. The van der Waals surface area contributed by atoms with E-state index < -0.39 is 5.97 Å². The molecule has 0 aliphatic heterocycles. The predicted molar refractivity (Wildman–Crippen MR) is 143 cm³/mol. The molecule has 36 heavy (non-hydrogen) atoms. The lowest BCUT2D eigenvalue weighted by Gasteiger charge is -2.11. The van der Waals surface area contributed by atoms with Gasteiger partial charge in [-0.1, -0.05) is 61.0 Å². The summed E-state index contributed by atoms with van der Waals surface area (Å²) in [6, 6.07) is 23.1. The van der Waals surface area contributed by atoms with E-state index in [2.05, 4.69) is 10.6 Å². The van der Waals surface area contributed by atoms with Crippen LogP contribution in [0.25, 0.3) is 28.1 Å². The Balaban J connectivity index is 1.85. The molecule has 3 aromatic carbocycles. The van der Waals surface area contributed by atoms with Crippen molar-refractivity contribution in [2.24, 2.45) is 0 Å². The lowest BCUT2D eigenvalue weighted by molar-refractivity contribution is -0.132. The van der Waals surface area contributed by atoms with Crippen LogP contribution >= 0.6 is 0 Å². The molecule has 0 radical (unpaired) electrons. The number of amides is 2. The second-order valence-corrected chi connectivity index (χ2v) is 8.70. The number of anilines is 1. The summed E-state index contributed by atoms with van der Waals surface area (Å²) in [4.78, 5) is 24.2. The van der Waals surface area contributed by atoms with Crippen molar-refractivity contribution in [1.29, 1.82) is 0 Å². The Morgan fingerprint density at radius 3 is 2.25 bits per heavy atom. The van der Waals surface area contributed by atoms with E-state index in [1.807, 2.05) is 93.6 Å². The van der Waals surface area contributed by atoms with Gasteiger partial charge >= 0.3 is 12.0 Å². The largest absolute Gasteiger partial charge is 0.407 e. The van der Waals surface area contributed by atoms with Gasteiger partial charge in [0, 0.05) is 24.7 Å². The van der Waals surface area contributed by atoms with E-state index in [0.29, 0.717) is 29.4 Å². The highest BCUT2D eigenvalue weighted by molar-refractivity contribution is 5.91. The first-order valence-electron chi connectivity index (χ1n) is 12.0. The van der Waals surface area contributed by atoms with Crippen LogP contribution < -0.4 is 15.4 Å². The average Bonchev–Trinajstić information content (AvgIpc) is 3.22. The molecule has 0 fully saturated rings. The molecule has 0 unspecified atom stereocenters. The number of hydrogen-bond acceptors (Lipinski definition) is 4. The average molecular weight is 483 g/mol. The Kier molecular flexibility index (Phi) is 7.49. The van der Waals surface area contributed by atoms with E-state index in [-0.39, 0.29) is 6.03 Å². The maximum Gasteiger partial charge on any atom is 0.319 e. The highest BCUT2D eigenvalue weighted by Gasteiger charge is 2.24. The van der Waals surface area contributed by atoms with Crippen LogP contribution in [0.2, 0.25) is 0 Å².